The van der Waals surface area contributed by atoms with Crippen LogP contribution in [0, 0.1) is 11.8 Å². The summed E-state index contributed by atoms with van der Waals surface area (Å²) in [7, 11) is 4.58. The molecule has 0 spiro atoms. The second-order valence-corrected chi connectivity index (χ2v) is 6.91. The van der Waals surface area contributed by atoms with Crippen molar-refractivity contribution < 1.29 is 0 Å². The Hall–Kier alpha value is -0.120. The normalized spacial score (nSPS) is 36.3. The third-order valence-corrected chi connectivity index (χ3v) is 5.32. The van der Waals surface area contributed by atoms with Crippen LogP contribution < -0.4 is 5.32 Å². The first-order valence-corrected chi connectivity index (χ1v) is 8.24. The molecule has 2 aliphatic rings. The lowest BCUT2D eigenvalue weighted by Gasteiger charge is -2.46. The SMILES string of the molecule is CCNC(C1CCC(C)CC1)C1CN(C)CCN1C. The van der Waals surface area contributed by atoms with Crippen LogP contribution in [-0.2, 0) is 0 Å². The zero-order chi connectivity index (χ0) is 13.8. The van der Waals surface area contributed by atoms with Gasteiger partial charge in [0.2, 0.25) is 0 Å². The molecule has 1 aliphatic carbocycles. The predicted octanol–water partition coefficient (Wildman–Crippen LogP) is 2.04. The maximum absolute atomic E-state index is 3.82. The van der Waals surface area contributed by atoms with Crippen LogP contribution in [0.25, 0.3) is 0 Å². The van der Waals surface area contributed by atoms with Gasteiger partial charge in [-0.25, -0.2) is 0 Å². The van der Waals surface area contributed by atoms with Crippen LogP contribution >= 0.6 is 0 Å². The maximum Gasteiger partial charge on any atom is 0.0376 e. The average Bonchev–Trinajstić information content (AvgIpc) is 2.40. The lowest BCUT2D eigenvalue weighted by atomic mass is 9.76. The van der Waals surface area contributed by atoms with Crippen LogP contribution in [0.2, 0.25) is 0 Å². The van der Waals surface area contributed by atoms with E-state index in [0.29, 0.717) is 12.1 Å². The molecule has 0 aromatic rings. The fraction of sp³-hybridized carbons (Fsp3) is 1.00. The van der Waals surface area contributed by atoms with Crippen LogP contribution in [0.4, 0.5) is 0 Å². The highest BCUT2D eigenvalue weighted by molar-refractivity contribution is 4.93. The molecule has 0 aromatic heterocycles. The molecule has 0 bridgehead atoms. The summed E-state index contributed by atoms with van der Waals surface area (Å²) in [5, 5.41) is 3.82. The Kier molecular flexibility index (Phi) is 5.67. The largest absolute Gasteiger partial charge is 0.312 e. The molecule has 1 N–H and O–H groups in total. The van der Waals surface area contributed by atoms with E-state index < -0.39 is 0 Å². The highest BCUT2D eigenvalue weighted by Gasteiger charge is 2.35. The third kappa shape index (κ3) is 3.93. The van der Waals surface area contributed by atoms with Gasteiger partial charge in [0.1, 0.15) is 0 Å². The van der Waals surface area contributed by atoms with Gasteiger partial charge in [-0.2, -0.15) is 0 Å². The summed E-state index contributed by atoms with van der Waals surface area (Å²) >= 11 is 0. The first kappa shape index (κ1) is 15.3. The Balaban J connectivity index is 2.01. The van der Waals surface area contributed by atoms with Crippen molar-refractivity contribution in [2.45, 2.75) is 51.6 Å². The molecule has 3 heteroatoms. The maximum atomic E-state index is 3.82. The minimum atomic E-state index is 0.685. The van der Waals surface area contributed by atoms with E-state index in [-0.39, 0.29) is 0 Å². The number of hydrogen-bond donors (Lipinski definition) is 1. The number of hydrogen-bond acceptors (Lipinski definition) is 3. The van der Waals surface area contributed by atoms with Gasteiger partial charge in [-0.05, 0) is 45.3 Å². The van der Waals surface area contributed by atoms with Gasteiger partial charge in [-0.15, -0.1) is 0 Å². The summed E-state index contributed by atoms with van der Waals surface area (Å²) in [6.45, 7) is 9.43. The highest BCUT2D eigenvalue weighted by atomic mass is 15.3. The van der Waals surface area contributed by atoms with Crippen LogP contribution in [-0.4, -0.2) is 62.2 Å². The van der Waals surface area contributed by atoms with E-state index in [1.54, 1.807) is 0 Å². The molecule has 3 nitrogen and oxygen atoms in total. The molecule has 2 rings (SSSR count). The molecule has 1 heterocycles. The van der Waals surface area contributed by atoms with Crippen molar-refractivity contribution in [2.75, 3.05) is 40.3 Å². The van der Waals surface area contributed by atoms with Crippen molar-refractivity contribution in [3.8, 4) is 0 Å². The smallest absolute Gasteiger partial charge is 0.0376 e. The molecular formula is C16H33N3. The Bertz CT molecular complexity index is 261. The zero-order valence-corrected chi connectivity index (χ0v) is 13.4. The summed E-state index contributed by atoms with van der Waals surface area (Å²) in [6, 6.07) is 1.38. The quantitative estimate of drug-likeness (QED) is 0.841. The fourth-order valence-corrected chi connectivity index (χ4v) is 3.93. The molecule has 0 amide bonds. The molecule has 0 radical (unpaired) electrons. The van der Waals surface area contributed by atoms with Crippen molar-refractivity contribution in [3.63, 3.8) is 0 Å². The molecule has 2 fully saturated rings. The monoisotopic (exact) mass is 267 g/mol. The number of nitrogens with zero attached hydrogens (tertiary/aromatic N) is 2. The minimum absolute atomic E-state index is 0.685. The minimum Gasteiger partial charge on any atom is -0.312 e. The lowest BCUT2D eigenvalue weighted by Crippen LogP contribution is -2.61. The summed E-state index contributed by atoms with van der Waals surface area (Å²) in [5.74, 6) is 1.83. The van der Waals surface area contributed by atoms with Gasteiger partial charge in [0.15, 0.2) is 0 Å². The van der Waals surface area contributed by atoms with E-state index >= 15 is 0 Å². The van der Waals surface area contributed by atoms with Crippen molar-refractivity contribution in [1.29, 1.82) is 0 Å². The standard InChI is InChI=1S/C16H33N3/c1-5-17-16(14-8-6-13(2)7-9-14)15-12-18(3)10-11-19(15)4/h13-17H,5-12H2,1-4H3. The second kappa shape index (κ2) is 7.05. The molecule has 0 aromatic carbocycles. The van der Waals surface area contributed by atoms with Crippen molar-refractivity contribution in [1.82, 2.24) is 15.1 Å². The van der Waals surface area contributed by atoms with Gasteiger partial charge in [0, 0.05) is 31.7 Å². The molecule has 112 valence electrons. The first-order chi connectivity index (χ1) is 9.11. The van der Waals surface area contributed by atoms with Crippen LogP contribution in [0.5, 0.6) is 0 Å². The van der Waals surface area contributed by atoms with Gasteiger partial charge in [-0.1, -0.05) is 26.7 Å². The van der Waals surface area contributed by atoms with Gasteiger partial charge < -0.3 is 10.2 Å². The van der Waals surface area contributed by atoms with E-state index in [1.807, 2.05) is 0 Å². The predicted molar refractivity (Wildman–Crippen MR) is 82.5 cm³/mol. The number of piperazine rings is 1. The van der Waals surface area contributed by atoms with Crippen molar-refractivity contribution in [3.05, 3.63) is 0 Å². The Morgan fingerprint density at radius 1 is 1.11 bits per heavy atom. The Morgan fingerprint density at radius 2 is 1.79 bits per heavy atom. The van der Waals surface area contributed by atoms with Crippen molar-refractivity contribution >= 4 is 0 Å². The first-order valence-electron chi connectivity index (χ1n) is 8.24. The third-order valence-electron chi connectivity index (χ3n) is 5.32. The van der Waals surface area contributed by atoms with E-state index in [4.69, 9.17) is 0 Å². The van der Waals surface area contributed by atoms with Crippen molar-refractivity contribution in [2.24, 2.45) is 11.8 Å². The fourth-order valence-electron chi connectivity index (χ4n) is 3.93. The number of rotatable bonds is 4. The summed E-state index contributed by atoms with van der Waals surface area (Å²) in [6.07, 6.45) is 5.71. The lowest BCUT2D eigenvalue weighted by molar-refractivity contribution is 0.0593. The number of nitrogens with one attached hydrogen (secondary N) is 1. The molecule has 1 saturated carbocycles. The average molecular weight is 267 g/mol. The Morgan fingerprint density at radius 3 is 2.42 bits per heavy atom. The topological polar surface area (TPSA) is 18.5 Å². The summed E-state index contributed by atoms with van der Waals surface area (Å²) < 4.78 is 0. The Labute approximate surface area is 119 Å². The summed E-state index contributed by atoms with van der Waals surface area (Å²) in [5.41, 5.74) is 0. The van der Waals surface area contributed by atoms with E-state index in [1.165, 1.54) is 45.3 Å². The van der Waals surface area contributed by atoms with Gasteiger partial charge in [0.25, 0.3) is 0 Å². The molecule has 19 heavy (non-hydrogen) atoms. The van der Waals surface area contributed by atoms with Crippen LogP contribution in [0.15, 0.2) is 0 Å². The van der Waals surface area contributed by atoms with Gasteiger partial charge in [-0.3, -0.25) is 4.90 Å². The van der Waals surface area contributed by atoms with Crippen LogP contribution in [0.3, 0.4) is 0 Å². The molecule has 1 aliphatic heterocycles. The molecule has 1 saturated heterocycles. The second-order valence-electron chi connectivity index (χ2n) is 6.91. The summed E-state index contributed by atoms with van der Waals surface area (Å²) in [4.78, 5) is 5.09. The van der Waals surface area contributed by atoms with E-state index in [2.05, 4.69) is 43.1 Å². The zero-order valence-electron chi connectivity index (χ0n) is 13.4. The van der Waals surface area contributed by atoms with Crippen LogP contribution in [0.1, 0.15) is 39.5 Å². The number of likely N-dealkylation sites (N-methyl/N-ethyl adjacent to an activating group) is 3. The van der Waals surface area contributed by atoms with Gasteiger partial charge >= 0.3 is 0 Å². The van der Waals surface area contributed by atoms with E-state index in [0.717, 1.165) is 18.4 Å². The van der Waals surface area contributed by atoms with Gasteiger partial charge in [0.05, 0.1) is 0 Å². The molecular weight excluding hydrogens is 234 g/mol. The van der Waals surface area contributed by atoms with E-state index in [9.17, 15) is 0 Å². The molecule has 2 unspecified atom stereocenters. The molecule has 2 atom stereocenters. The highest BCUT2D eigenvalue weighted by Crippen LogP contribution is 2.32.